The van der Waals surface area contributed by atoms with Crippen LogP contribution >= 0.6 is 0 Å². The number of anilines is 1. The van der Waals surface area contributed by atoms with Gasteiger partial charge in [0.15, 0.2) is 0 Å². The van der Waals surface area contributed by atoms with Crippen molar-refractivity contribution in [2.75, 3.05) is 18.0 Å². The summed E-state index contributed by atoms with van der Waals surface area (Å²) in [6, 6.07) is 3.69. The first kappa shape index (κ1) is 10.6. The zero-order valence-corrected chi connectivity index (χ0v) is 9.06. The zero-order valence-electron chi connectivity index (χ0n) is 9.06. The van der Waals surface area contributed by atoms with Gasteiger partial charge in [-0.25, -0.2) is 0 Å². The van der Waals surface area contributed by atoms with E-state index >= 15 is 0 Å². The summed E-state index contributed by atoms with van der Waals surface area (Å²) in [6.07, 6.45) is 1.99. The number of aryl methyl sites for hydroxylation is 1. The summed E-state index contributed by atoms with van der Waals surface area (Å²) in [4.78, 5) is 28.6. The van der Waals surface area contributed by atoms with E-state index < -0.39 is 0 Å². The molecule has 1 aromatic rings. The Labute approximate surface area is 93.5 Å². The number of rotatable bonds is 1. The summed E-state index contributed by atoms with van der Waals surface area (Å²) in [5.74, 6) is -0.188. The van der Waals surface area contributed by atoms with Gasteiger partial charge in [-0.2, -0.15) is 0 Å². The summed E-state index contributed by atoms with van der Waals surface area (Å²) in [6.45, 7) is 2.36. The fourth-order valence-corrected chi connectivity index (χ4v) is 1.59. The average molecular weight is 219 g/mol. The molecule has 84 valence electrons. The van der Waals surface area contributed by atoms with Crippen molar-refractivity contribution in [1.82, 2.24) is 10.3 Å². The lowest BCUT2D eigenvalue weighted by molar-refractivity contribution is -0.123. The first-order chi connectivity index (χ1) is 7.66. The number of carbonyl (C=O) groups excluding carboxylic acids is 2. The maximum atomic E-state index is 11.7. The Hall–Kier alpha value is -1.91. The Balaban J connectivity index is 2.21. The van der Waals surface area contributed by atoms with Gasteiger partial charge in [-0.3, -0.25) is 14.6 Å². The van der Waals surface area contributed by atoms with Gasteiger partial charge in [0.1, 0.15) is 0 Å². The number of carbonyl (C=O) groups is 2. The topological polar surface area (TPSA) is 62.3 Å². The van der Waals surface area contributed by atoms with E-state index in [4.69, 9.17) is 0 Å². The van der Waals surface area contributed by atoms with Crippen molar-refractivity contribution in [2.45, 2.75) is 13.3 Å². The highest BCUT2D eigenvalue weighted by Gasteiger charge is 2.21. The van der Waals surface area contributed by atoms with Crippen LogP contribution in [0.25, 0.3) is 0 Å². The molecule has 1 aliphatic rings. The Morgan fingerprint density at radius 2 is 2.19 bits per heavy atom. The smallest absolute Gasteiger partial charge is 0.246 e. The molecule has 16 heavy (non-hydrogen) atoms. The molecule has 5 heteroatoms. The Bertz CT molecular complexity index is 414. The van der Waals surface area contributed by atoms with Gasteiger partial charge in [-0.15, -0.1) is 0 Å². The van der Waals surface area contributed by atoms with Crippen molar-refractivity contribution in [2.24, 2.45) is 0 Å². The average Bonchev–Trinajstić information content (AvgIpc) is 2.44. The third-order valence-electron chi connectivity index (χ3n) is 2.51. The quantitative estimate of drug-likeness (QED) is 0.736. The third-order valence-corrected chi connectivity index (χ3v) is 2.51. The van der Waals surface area contributed by atoms with Crippen molar-refractivity contribution in [3.63, 3.8) is 0 Å². The predicted molar refractivity (Wildman–Crippen MR) is 59.0 cm³/mol. The minimum atomic E-state index is -0.100. The Morgan fingerprint density at radius 1 is 1.38 bits per heavy atom. The van der Waals surface area contributed by atoms with Crippen molar-refractivity contribution in [3.8, 4) is 0 Å². The molecule has 2 rings (SSSR count). The van der Waals surface area contributed by atoms with Crippen LogP contribution in [0.4, 0.5) is 5.69 Å². The molecule has 0 radical (unpaired) electrons. The first-order valence-electron chi connectivity index (χ1n) is 5.16. The number of aromatic nitrogens is 1. The number of hydrogen-bond donors (Lipinski definition) is 1. The van der Waals surface area contributed by atoms with Gasteiger partial charge in [0.2, 0.25) is 11.8 Å². The first-order valence-corrected chi connectivity index (χ1v) is 5.16. The van der Waals surface area contributed by atoms with E-state index in [1.165, 1.54) is 0 Å². The molecule has 1 saturated heterocycles. The van der Waals surface area contributed by atoms with Crippen molar-refractivity contribution in [1.29, 1.82) is 0 Å². The number of nitrogens with zero attached hydrogens (tertiary/aromatic N) is 2. The van der Waals surface area contributed by atoms with E-state index in [0.29, 0.717) is 13.0 Å². The molecule has 1 aromatic heterocycles. The van der Waals surface area contributed by atoms with Crippen LogP contribution in [-0.2, 0) is 9.59 Å². The predicted octanol–water partition coefficient (Wildman–Crippen LogP) is 0.243. The lowest BCUT2D eigenvalue weighted by atomic mass is 10.3. The van der Waals surface area contributed by atoms with Crippen LogP contribution < -0.4 is 10.2 Å². The summed E-state index contributed by atoms with van der Waals surface area (Å²) in [5.41, 5.74) is 1.65. The molecule has 0 atom stereocenters. The molecule has 2 amide bonds. The van der Waals surface area contributed by atoms with Crippen LogP contribution in [-0.4, -0.2) is 29.9 Å². The highest BCUT2D eigenvalue weighted by atomic mass is 16.2. The summed E-state index contributed by atoms with van der Waals surface area (Å²) >= 11 is 0. The maximum absolute atomic E-state index is 11.7. The summed E-state index contributed by atoms with van der Waals surface area (Å²) in [5, 5.41) is 2.55. The lowest BCUT2D eigenvalue weighted by Crippen LogP contribution is -2.35. The normalized spacial score (nSPS) is 16.9. The fourth-order valence-electron chi connectivity index (χ4n) is 1.59. The molecule has 1 aliphatic heterocycles. The SMILES string of the molecule is Cc1ccc(N2CCC(=O)NCC2=O)cn1. The van der Waals surface area contributed by atoms with Crippen LogP contribution in [0.3, 0.4) is 0 Å². The number of pyridine rings is 1. The van der Waals surface area contributed by atoms with Gasteiger partial charge in [0, 0.05) is 18.7 Å². The van der Waals surface area contributed by atoms with E-state index in [1.807, 2.05) is 19.1 Å². The molecule has 0 unspecified atom stereocenters. The minimum absolute atomic E-state index is 0.0622. The molecular weight excluding hydrogens is 206 g/mol. The van der Waals surface area contributed by atoms with Gasteiger partial charge < -0.3 is 10.2 Å². The molecule has 0 spiro atoms. The second kappa shape index (κ2) is 4.30. The summed E-state index contributed by atoms with van der Waals surface area (Å²) < 4.78 is 0. The van der Waals surface area contributed by atoms with E-state index in [1.54, 1.807) is 11.1 Å². The molecular formula is C11H13N3O2. The monoisotopic (exact) mass is 219 g/mol. The van der Waals surface area contributed by atoms with Gasteiger partial charge in [-0.1, -0.05) is 0 Å². The van der Waals surface area contributed by atoms with E-state index in [-0.39, 0.29) is 18.4 Å². The Kier molecular flexibility index (Phi) is 2.85. The van der Waals surface area contributed by atoms with Gasteiger partial charge in [0.05, 0.1) is 18.4 Å². The van der Waals surface area contributed by atoms with E-state index in [0.717, 1.165) is 11.4 Å². The van der Waals surface area contributed by atoms with Crippen molar-refractivity contribution in [3.05, 3.63) is 24.0 Å². The van der Waals surface area contributed by atoms with Crippen molar-refractivity contribution < 1.29 is 9.59 Å². The fraction of sp³-hybridized carbons (Fsp3) is 0.364. The third kappa shape index (κ3) is 2.18. The zero-order chi connectivity index (χ0) is 11.5. The van der Waals surface area contributed by atoms with Gasteiger partial charge in [-0.05, 0) is 19.1 Å². The van der Waals surface area contributed by atoms with Crippen LogP contribution in [0.5, 0.6) is 0 Å². The molecule has 0 aliphatic carbocycles. The van der Waals surface area contributed by atoms with E-state index in [2.05, 4.69) is 10.3 Å². The van der Waals surface area contributed by atoms with Crippen LogP contribution in [0.15, 0.2) is 18.3 Å². The Morgan fingerprint density at radius 3 is 2.88 bits per heavy atom. The lowest BCUT2D eigenvalue weighted by Gasteiger charge is -2.19. The number of amides is 2. The number of nitrogens with one attached hydrogen (secondary N) is 1. The van der Waals surface area contributed by atoms with Crippen LogP contribution in [0, 0.1) is 6.92 Å². The van der Waals surface area contributed by atoms with E-state index in [9.17, 15) is 9.59 Å². The molecule has 0 saturated carbocycles. The van der Waals surface area contributed by atoms with Crippen molar-refractivity contribution >= 4 is 17.5 Å². The van der Waals surface area contributed by atoms with Crippen LogP contribution in [0.2, 0.25) is 0 Å². The number of hydrogen-bond acceptors (Lipinski definition) is 3. The largest absolute Gasteiger partial charge is 0.347 e. The van der Waals surface area contributed by atoms with Gasteiger partial charge >= 0.3 is 0 Å². The highest BCUT2D eigenvalue weighted by molar-refractivity contribution is 5.98. The molecule has 0 bridgehead atoms. The molecule has 1 N–H and O–H groups in total. The molecule has 5 nitrogen and oxygen atoms in total. The second-order valence-corrected chi connectivity index (χ2v) is 3.73. The van der Waals surface area contributed by atoms with Crippen LogP contribution in [0.1, 0.15) is 12.1 Å². The second-order valence-electron chi connectivity index (χ2n) is 3.73. The maximum Gasteiger partial charge on any atom is 0.246 e. The molecule has 0 aromatic carbocycles. The highest BCUT2D eigenvalue weighted by Crippen LogP contribution is 2.14. The standard InChI is InChI=1S/C11H13N3O2/c1-8-2-3-9(6-12-8)14-5-4-10(15)13-7-11(14)16/h2-3,6H,4-5,7H2,1H3,(H,13,15). The molecule has 2 heterocycles. The summed E-state index contributed by atoms with van der Waals surface area (Å²) in [7, 11) is 0. The minimum Gasteiger partial charge on any atom is -0.347 e. The molecule has 1 fully saturated rings. The van der Waals surface area contributed by atoms with Gasteiger partial charge in [0.25, 0.3) is 0 Å².